The quantitative estimate of drug-likeness (QED) is 0.752. The van der Waals surface area contributed by atoms with Crippen LogP contribution in [0.3, 0.4) is 0 Å². The van der Waals surface area contributed by atoms with E-state index in [-0.39, 0.29) is 19.8 Å². The van der Waals surface area contributed by atoms with Crippen molar-refractivity contribution in [1.29, 1.82) is 0 Å². The van der Waals surface area contributed by atoms with Gasteiger partial charge in [0, 0.05) is 0 Å². The summed E-state index contributed by atoms with van der Waals surface area (Å²) in [6.07, 6.45) is 0. The molecule has 11 heavy (non-hydrogen) atoms. The predicted octanol–water partition coefficient (Wildman–Crippen LogP) is 2.74. The van der Waals surface area contributed by atoms with Crippen LogP contribution >= 0.6 is 11.3 Å². The standard InChI is InChI=1S/C8H12NS.Os/c1-6(2)7(3)8-4-10-5-9-8;/h4-6H,1-3H3;/q-1;+1. The first kappa shape index (κ1) is 11.1. The van der Waals surface area contributed by atoms with Gasteiger partial charge in [0.25, 0.3) is 0 Å². The van der Waals surface area contributed by atoms with Gasteiger partial charge in [0.15, 0.2) is 0 Å². The fourth-order valence-electron chi connectivity index (χ4n) is 0.703. The Balaban J connectivity index is 0.000001000. The van der Waals surface area contributed by atoms with Crippen molar-refractivity contribution >= 4 is 11.3 Å². The summed E-state index contributed by atoms with van der Waals surface area (Å²) in [5, 5.41) is 2.09. The second-order valence-electron chi connectivity index (χ2n) is 2.71. The van der Waals surface area contributed by atoms with Crippen LogP contribution in [0.5, 0.6) is 0 Å². The summed E-state index contributed by atoms with van der Waals surface area (Å²) >= 11 is 1.65. The summed E-state index contributed by atoms with van der Waals surface area (Å²) in [6, 6.07) is 0. The largest absolute Gasteiger partial charge is 1.00 e. The molecule has 0 aliphatic heterocycles. The monoisotopic (exact) mass is 346 g/mol. The maximum Gasteiger partial charge on any atom is 1.00 e. The summed E-state index contributed by atoms with van der Waals surface area (Å²) in [7, 11) is 0. The fraction of sp³-hybridized carbons (Fsp3) is 0.500. The molecular weight excluding hydrogens is 332 g/mol. The summed E-state index contributed by atoms with van der Waals surface area (Å²) in [5.41, 5.74) is 3.03. The van der Waals surface area contributed by atoms with E-state index < -0.39 is 0 Å². The van der Waals surface area contributed by atoms with Crippen molar-refractivity contribution in [2.45, 2.75) is 20.8 Å². The van der Waals surface area contributed by atoms with Gasteiger partial charge in [0.1, 0.15) is 0 Å². The third-order valence-corrected chi connectivity index (χ3v) is 2.29. The zero-order valence-corrected chi connectivity index (χ0v) is 10.3. The van der Waals surface area contributed by atoms with Gasteiger partial charge in [0.2, 0.25) is 0 Å². The summed E-state index contributed by atoms with van der Waals surface area (Å²) in [6.45, 7) is 6.52. The van der Waals surface area contributed by atoms with Gasteiger partial charge in [-0.1, -0.05) is 25.5 Å². The van der Waals surface area contributed by atoms with Crippen LogP contribution in [0, 0.1) is 11.8 Å². The Kier molecular flexibility index (Phi) is 4.96. The number of nitrogens with zero attached hydrogens (tertiary/aromatic N) is 1. The minimum atomic E-state index is 0. The fourth-order valence-corrected chi connectivity index (χ4v) is 1.31. The Bertz CT molecular complexity index is 184. The van der Waals surface area contributed by atoms with E-state index in [4.69, 9.17) is 0 Å². The minimum Gasteiger partial charge on any atom is -0.285 e. The van der Waals surface area contributed by atoms with Gasteiger partial charge in [0.05, 0.1) is 5.51 Å². The minimum absolute atomic E-state index is 0. The molecular formula is C8H12NOsS. The molecule has 0 saturated carbocycles. The molecule has 1 rings (SSSR count). The van der Waals surface area contributed by atoms with Crippen LogP contribution in [0.15, 0.2) is 10.9 Å². The van der Waals surface area contributed by atoms with Crippen molar-refractivity contribution in [3.05, 3.63) is 22.5 Å². The normalized spacial score (nSPS) is 9.45. The molecule has 0 aliphatic rings. The summed E-state index contributed by atoms with van der Waals surface area (Å²) in [5.74, 6) is 1.99. The molecule has 63 valence electrons. The zero-order valence-electron chi connectivity index (χ0n) is 6.94. The van der Waals surface area contributed by atoms with Crippen molar-refractivity contribution in [2.75, 3.05) is 0 Å². The van der Waals surface area contributed by atoms with E-state index in [2.05, 4.69) is 31.1 Å². The molecule has 1 radical (unpaired) electrons. The molecule has 0 aliphatic carbocycles. The van der Waals surface area contributed by atoms with Crippen molar-refractivity contribution < 1.29 is 19.8 Å². The first-order valence-corrected chi connectivity index (χ1v) is 4.38. The number of hydrogen-bond acceptors (Lipinski definition) is 2. The number of rotatable bonds is 2. The Hall–Kier alpha value is 0.136. The van der Waals surface area contributed by atoms with Gasteiger partial charge in [-0.05, 0) is 0 Å². The molecule has 1 aromatic heterocycles. The van der Waals surface area contributed by atoms with Gasteiger partial charge < -0.3 is 0 Å². The smallest absolute Gasteiger partial charge is 0.285 e. The first-order valence-electron chi connectivity index (χ1n) is 3.44. The van der Waals surface area contributed by atoms with E-state index in [9.17, 15) is 0 Å². The van der Waals surface area contributed by atoms with Crippen LogP contribution in [0.2, 0.25) is 0 Å². The van der Waals surface area contributed by atoms with E-state index in [1.54, 1.807) is 11.3 Å². The number of thiazole rings is 1. The molecule has 0 unspecified atom stereocenters. The molecule has 0 spiro atoms. The predicted molar refractivity (Wildman–Crippen MR) is 45.0 cm³/mol. The van der Waals surface area contributed by atoms with Crippen LogP contribution < -0.4 is 0 Å². The average Bonchev–Trinajstić information content (AvgIpc) is 2.36. The topological polar surface area (TPSA) is 12.9 Å². The maximum atomic E-state index is 4.22. The molecule has 0 bridgehead atoms. The Morgan fingerprint density at radius 2 is 2.18 bits per heavy atom. The van der Waals surface area contributed by atoms with Crippen molar-refractivity contribution in [3.8, 4) is 0 Å². The van der Waals surface area contributed by atoms with Crippen LogP contribution in [0.4, 0.5) is 0 Å². The number of hydrogen-bond donors (Lipinski definition) is 0. The average molecular weight is 344 g/mol. The van der Waals surface area contributed by atoms with E-state index in [1.165, 1.54) is 5.92 Å². The SMILES string of the molecule is C[C-](c1cscn1)C(C)C.[Os+]. The van der Waals surface area contributed by atoms with Gasteiger partial charge in [-0.15, -0.1) is 12.3 Å². The van der Waals surface area contributed by atoms with E-state index in [1.807, 2.05) is 5.51 Å². The van der Waals surface area contributed by atoms with Gasteiger partial charge in [-0.25, -0.2) is 11.3 Å². The molecule has 0 aromatic carbocycles. The molecule has 0 atom stereocenters. The molecule has 0 amide bonds. The molecule has 1 aromatic rings. The van der Waals surface area contributed by atoms with Gasteiger partial charge in [-0.3, -0.25) is 4.98 Å². The van der Waals surface area contributed by atoms with Gasteiger partial charge >= 0.3 is 19.8 Å². The maximum absolute atomic E-state index is 4.22. The van der Waals surface area contributed by atoms with Crippen molar-refractivity contribution in [3.63, 3.8) is 0 Å². The van der Waals surface area contributed by atoms with E-state index >= 15 is 0 Å². The van der Waals surface area contributed by atoms with Gasteiger partial charge in [-0.2, -0.15) is 5.92 Å². The number of aromatic nitrogens is 1. The van der Waals surface area contributed by atoms with E-state index in [0.717, 1.165) is 5.69 Å². The van der Waals surface area contributed by atoms with Crippen molar-refractivity contribution in [1.82, 2.24) is 4.98 Å². The Morgan fingerprint density at radius 3 is 2.55 bits per heavy atom. The Labute approximate surface area is 85.3 Å². The molecule has 0 fully saturated rings. The summed E-state index contributed by atoms with van der Waals surface area (Å²) < 4.78 is 0. The summed E-state index contributed by atoms with van der Waals surface area (Å²) in [4.78, 5) is 4.22. The zero-order chi connectivity index (χ0) is 7.56. The van der Waals surface area contributed by atoms with Crippen LogP contribution in [0.25, 0.3) is 0 Å². The molecule has 1 heterocycles. The van der Waals surface area contributed by atoms with E-state index in [0.29, 0.717) is 5.92 Å². The third kappa shape index (κ3) is 2.93. The van der Waals surface area contributed by atoms with Crippen LogP contribution in [-0.4, -0.2) is 4.98 Å². The Morgan fingerprint density at radius 1 is 1.55 bits per heavy atom. The molecule has 0 N–H and O–H groups in total. The van der Waals surface area contributed by atoms with Crippen LogP contribution in [0.1, 0.15) is 26.5 Å². The van der Waals surface area contributed by atoms with Crippen LogP contribution in [-0.2, 0) is 19.8 Å². The second kappa shape index (κ2) is 4.90. The second-order valence-corrected chi connectivity index (χ2v) is 3.43. The third-order valence-electron chi connectivity index (χ3n) is 1.70. The molecule has 0 saturated heterocycles. The molecule has 1 nitrogen and oxygen atoms in total. The molecule has 3 heteroatoms. The first-order chi connectivity index (χ1) is 4.72. The van der Waals surface area contributed by atoms with Crippen molar-refractivity contribution in [2.24, 2.45) is 5.92 Å².